The first-order chi connectivity index (χ1) is 15.7. The molecule has 7 heteroatoms. The minimum Gasteiger partial charge on any atom is -0.481 e. The fraction of sp³-hybridized carbons (Fsp3) is 0.346. The van der Waals surface area contributed by atoms with Crippen LogP contribution in [0.25, 0.3) is 5.57 Å². The average Bonchev–Trinajstić information content (AvgIpc) is 2.75. The van der Waals surface area contributed by atoms with Gasteiger partial charge in [-0.2, -0.15) is 0 Å². The van der Waals surface area contributed by atoms with Crippen LogP contribution < -0.4 is 4.72 Å². The van der Waals surface area contributed by atoms with Crippen molar-refractivity contribution in [3.63, 3.8) is 0 Å². The quantitative estimate of drug-likeness (QED) is 0.415. The van der Waals surface area contributed by atoms with Crippen LogP contribution in [0.4, 0.5) is 4.39 Å². The van der Waals surface area contributed by atoms with Crippen molar-refractivity contribution < 1.29 is 22.7 Å². The lowest BCUT2D eigenvalue weighted by atomic mass is 9.85. The Bertz CT molecular complexity index is 1140. The van der Waals surface area contributed by atoms with Crippen LogP contribution in [0.3, 0.4) is 0 Å². The lowest BCUT2D eigenvalue weighted by molar-refractivity contribution is -0.137. The van der Waals surface area contributed by atoms with E-state index in [2.05, 4.69) is 4.72 Å². The monoisotopic (exact) mass is 471 g/mol. The Morgan fingerprint density at radius 3 is 2.52 bits per heavy atom. The molecule has 176 valence electrons. The normalized spacial score (nSPS) is 18.5. The number of unbranched alkanes of at least 4 members (excludes halogenated alkanes) is 3. The third kappa shape index (κ3) is 7.37. The lowest BCUT2D eigenvalue weighted by Crippen LogP contribution is -2.45. The number of nitrogens with one attached hydrogen (secondary N) is 1. The van der Waals surface area contributed by atoms with E-state index in [1.165, 1.54) is 12.2 Å². The van der Waals surface area contributed by atoms with Crippen molar-refractivity contribution in [3.05, 3.63) is 83.7 Å². The topological polar surface area (TPSA) is 83.5 Å². The summed E-state index contributed by atoms with van der Waals surface area (Å²) in [5, 5.41) is 8.69. The summed E-state index contributed by atoms with van der Waals surface area (Å²) in [6.45, 7) is 1.68. The van der Waals surface area contributed by atoms with Crippen LogP contribution in [-0.4, -0.2) is 25.0 Å². The molecule has 0 saturated heterocycles. The Morgan fingerprint density at radius 2 is 1.79 bits per heavy atom. The van der Waals surface area contributed by atoms with E-state index in [9.17, 15) is 17.6 Å². The highest BCUT2D eigenvalue weighted by Crippen LogP contribution is 2.34. The summed E-state index contributed by atoms with van der Waals surface area (Å²) in [5.41, 5.74) is 1.40. The van der Waals surface area contributed by atoms with Gasteiger partial charge in [0.1, 0.15) is 5.83 Å². The maximum Gasteiger partial charge on any atom is 0.303 e. The first kappa shape index (κ1) is 24.9. The molecule has 2 aromatic rings. The predicted molar refractivity (Wildman–Crippen MR) is 128 cm³/mol. The molecule has 0 spiro atoms. The van der Waals surface area contributed by atoms with Gasteiger partial charge in [-0.1, -0.05) is 55.3 Å². The van der Waals surface area contributed by atoms with Gasteiger partial charge in [0.25, 0.3) is 0 Å². The Hall–Kier alpha value is -2.77. The molecule has 2 N–H and O–H groups in total. The Morgan fingerprint density at radius 1 is 1.06 bits per heavy atom. The van der Waals surface area contributed by atoms with Crippen molar-refractivity contribution >= 4 is 21.6 Å². The van der Waals surface area contributed by atoms with Gasteiger partial charge in [-0.25, -0.2) is 17.5 Å². The van der Waals surface area contributed by atoms with Gasteiger partial charge in [0, 0.05) is 6.42 Å². The molecule has 0 bridgehead atoms. The first-order valence-electron chi connectivity index (χ1n) is 11.2. The van der Waals surface area contributed by atoms with Crippen LogP contribution in [-0.2, 0) is 21.2 Å². The van der Waals surface area contributed by atoms with E-state index >= 15 is 0 Å². The van der Waals surface area contributed by atoms with Gasteiger partial charge in [0.15, 0.2) is 0 Å². The zero-order chi connectivity index (χ0) is 23.9. The number of carboxylic acids is 1. The van der Waals surface area contributed by atoms with E-state index in [1.807, 2.05) is 36.4 Å². The Kier molecular flexibility index (Phi) is 8.21. The number of sulfonamides is 1. The lowest BCUT2D eigenvalue weighted by Gasteiger charge is -2.31. The smallest absolute Gasteiger partial charge is 0.303 e. The molecule has 0 radical (unpaired) electrons. The van der Waals surface area contributed by atoms with E-state index in [0.717, 1.165) is 36.0 Å². The highest BCUT2D eigenvalue weighted by Gasteiger charge is 2.33. The van der Waals surface area contributed by atoms with Gasteiger partial charge in [-0.05, 0) is 73.6 Å². The molecule has 1 aliphatic carbocycles. The molecule has 3 rings (SSSR count). The third-order valence-electron chi connectivity index (χ3n) is 5.65. The molecule has 0 aliphatic heterocycles. The number of halogens is 1. The van der Waals surface area contributed by atoms with E-state index < -0.39 is 27.4 Å². The standard InChI is InChI=1S/C26H30FNO4S/c1-26(18-22(17-23(27)19-26)21-12-6-4-7-13-21)28-33(31,32)24-14-9-11-20(16-24)10-5-2-3-8-15-25(29)30/h4,6-7,9,11-14,16-17,19,28H,2-3,5,8,10,15,18H2,1H3,(H,29,30). The Labute approximate surface area is 195 Å². The minimum atomic E-state index is -3.87. The number of hydrogen-bond acceptors (Lipinski definition) is 3. The van der Waals surface area contributed by atoms with E-state index in [4.69, 9.17) is 5.11 Å². The molecule has 2 aromatic carbocycles. The molecule has 0 amide bonds. The second-order valence-corrected chi connectivity index (χ2v) is 10.4. The summed E-state index contributed by atoms with van der Waals surface area (Å²) in [6, 6.07) is 16.2. The molecular weight excluding hydrogens is 441 g/mol. The zero-order valence-corrected chi connectivity index (χ0v) is 19.6. The molecule has 1 aliphatic rings. The van der Waals surface area contributed by atoms with Gasteiger partial charge in [0.05, 0.1) is 10.4 Å². The maximum atomic E-state index is 14.4. The Balaban J connectivity index is 1.66. The molecular formula is C26H30FNO4S. The number of aliphatic carboxylic acids is 1. The molecule has 0 heterocycles. The summed E-state index contributed by atoms with van der Waals surface area (Å²) in [7, 11) is -3.87. The van der Waals surface area contributed by atoms with Gasteiger partial charge < -0.3 is 5.11 Å². The summed E-state index contributed by atoms with van der Waals surface area (Å²) in [5.74, 6) is -1.25. The fourth-order valence-corrected chi connectivity index (χ4v) is 5.53. The molecule has 5 nitrogen and oxygen atoms in total. The van der Waals surface area contributed by atoms with Crippen molar-refractivity contribution in [1.29, 1.82) is 0 Å². The van der Waals surface area contributed by atoms with Crippen molar-refractivity contribution in [1.82, 2.24) is 4.72 Å². The van der Waals surface area contributed by atoms with Gasteiger partial charge in [-0.15, -0.1) is 0 Å². The third-order valence-corrected chi connectivity index (χ3v) is 7.26. The van der Waals surface area contributed by atoms with Crippen LogP contribution in [0.1, 0.15) is 56.6 Å². The summed E-state index contributed by atoms with van der Waals surface area (Å²) < 4.78 is 43.4. The first-order valence-corrected chi connectivity index (χ1v) is 12.6. The van der Waals surface area contributed by atoms with Gasteiger partial charge in [0.2, 0.25) is 10.0 Å². The highest BCUT2D eigenvalue weighted by atomic mass is 32.2. The number of rotatable bonds is 11. The number of carbonyl (C=O) groups is 1. The zero-order valence-electron chi connectivity index (χ0n) is 18.8. The van der Waals surface area contributed by atoms with E-state index in [0.29, 0.717) is 19.3 Å². The number of benzene rings is 2. The number of hydrogen-bond donors (Lipinski definition) is 2. The molecule has 0 fully saturated rings. The van der Waals surface area contributed by atoms with Crippen molar-refractivity contribution in [2.24, 2.45) is 0 Å². The largest absolute Gasteiger partial charge is 0.481 e. The summed E-state index contributed by atoms with van der Waals surface area (Å²) in [4.78, 5) is 10.7. The molecule has 33 heavy (non-hydrogen) atoms. The van der Waals surface area contributed by atoms with Gasteiger partial charge >= 0.3 is 5.97 Å². The van der Waals surface area contributed by atoms with Crippen molar-refractivity contribution in [2.75, 3.05) is 0 Å². The number of carboxylic acid groups (broad SMARTS) is 1. The summed E-state index contributed by atoms with van der Waals surface area (Å²) >= 11 is 0. The summed E-state index contributed by atoms with van der Waals surface area (Å²) in [6.07, 6.45) is 7.21. The van der Waals surface area contributed by atoms with E-state index in [-0.39, 0.29) is 11.3 Å². The van der Waals surface area contributed by atoms with Crippen LogP contribution >= 0.6 is 0 Å². The molecule has 0 saturated carbocycles. The second-order valence-electron chi connectivity index (χ2n) is 8.72. The SMILES string of the molecule is CC1(NS(=O)(=O)c2cccc(CCCCCCC(=O)O)c2)C=C(F)C=C(c2ccccc2)C1. The van der Waals surface area contributed by atoms with E-state index in [1.54, 1.807) is 25.1 Å². The fourth-order valence-electron chi connectivity index (χ4n) is 4.11. The van der Waals surface area contributed by atoms with Crippen LogP contribution in [0.2, 0.25) is 0 Å². The van der Waals surface area contributed by atoms with Crippen molar-refractivity contribution in [3.8, 4) is 0 Å². The molecule has 1 atom stereocenters. The minimum absolute atomic E-state index is 0.150. The second kappa shape index (κ2) is 10.9. The number of allylic oxidation sites excluding steroid dienone is 2. The van der Waals surface area contributed by atoms with Crippen molar-refractivity contribution in [2.45, 2.75) is 62.3 Å². The molecule has 1 unspecified atom stereocenters. The maximum absolute atomic E-state index is 14.4. The molecule has 0 aromatic heterocycles. The number of aryl methyl sites for hydroxylation is 1. The highest BCUT2D eigenvalue weighted by molar-refractivity contribution is 7.89. The van der Waals surface area contributed by atoms with Gasteiger partial charge in [-0.3, -0.25) is 4.79 Å². The predicted octanol–water partition coefficient (Wildman–Crippen LogP) is 5.64. The van der Waals surface area contributed by atoms with Crippen LogP contribution in [0.5, 0.6) is 0 Å². The van der Waals surface area contributed by atoms with Crippen LogP contribution in [0, 0.1) is 0 Å². The van der Waals surface area contributed by atoms with Crippen LogP contribution in [0.15, 0.2) is 77.5 Å². The average molecular weight is 472 g/mol.